The third kappa shape index (κ3) is 6.47. The Bertz CT molecular complexity index is 1520. The molecule has 1 amide bonds. The summed E-state index contributed by atoms with van der Waals surface area (Å²) in [6, 6.07) is 19.1. The van der Waals surface area contributed by atoms with Crippen LogP contribution in [0.5, 0.6) is 5.75 Å². The second-order valence-electron chi connectivity index (χ2n) is 13.7. The number of phenols is 1. The van der Waals surface area contributed by atoms with Gasteiger partial charge < -0.3 is 10.4 Å². The molecule has 2 N–H and O–H groups in total. The first-order valence-electron chi connectivity index (χ1n) is 14.2. The fraction of sp³-hybridized carbons (Fsp3) is 0.424. The normalized spacial score (nSPS) is 12.6. The molecular formula is C33H44N4O2Si. The summed E-state index contributed by atoms with van der Waals surface area (Å²) in [5, 5.41) is 24.1. The maximum atomic E-state index is 12.8. The lowest BCUT2D eigenvalue weighted by molar-refractivity contribution is 0.0953. The van der Waals surface area contributed by atoms with Crippen molar-refractivity contribution < 1.29 is 9.90 Å². The smallest absolute Gasteiger partial charge is 0.251 e. The van der Waals surface area contributed by atoms with Gasteiger partial charge in [0.2, 0.25) is 0 Å². The Morgan fingerprint density at radius 1 is 0.900 bits per heavy atom. The number of nitrogens with zero attached hydrogens (tertiary/aromatic N) is 3. The average molecular weight is 557 g/mol. The second kappa shape index (κ2) is 10.8. The average Bonchev–Trinajstić information content (AvgIpc) is 3.28. The summed E-state index contributed by atoms with van der Waals surface area (Å²) in [5.74, 6) is 0.0472. The highest BCUT2D eigenvalue weighted by atomic mass is 28.3. The van der Waals surface area contributed by atoms with Gasteiger partial charge in [-0.1, -0.05) is 96.2 Å². The summed E-state index contributed by atoms with van der Waals surface area (Å²) < 4.78 is 0. The van der Waals surface area contributed by atoms with Crippen LogP contribution < -0.4 is 5.32 Å². The van der Waals surface area contributed by atoms with E-state index in [1.54, 1.807) is 12.1 Å². The van der Waals surface area contributed by atoms with E-state index < -0.39 is 13.5 Å². The first-order valence-corrected chi connectivity index (χ1v) is 17.9. The molecule has 40 heavy (non-hydrogen) atoms. The molecule has 0 spiro atoms. The Morgan fingerprint density at radius 3 is 2.17 bits per heavy atom. The fourth-order valence-electron chi connectivity index (χ4n) is 4.89. The molecule has 0 saturated heterocycles. The number of aromatic nitrogens is 3. The number of benzene rings is 3. The number of phenolic OH excluding ortho intramolecular Hbond substituents is 1. The van der Waals surface area contributed by atoms with Crippen molar-refractivity contribution in [1.29, 1.82) is 0 Å². The van der Waals surface area contributed by atoms with Crippen molar-refractivity contribution in [1.82, 2.24) is 20.3 Å². The van der Waals surface area contributed by atoms with Gasteiger partial charge in [-0.25, -0.2) is 0 Å². The van der Waals surface area contributed by atoms with Crippen LogP contribution in [0, 0.1) is 6.92 Å². The lowest BCUT2D eigenvalue weighted by atomic mass is 9.74. The van der Waals surface area contributed by atoms with Crippen molar-refractivity contribution in [2.24, 2.45) is 0 Å². The second-order valence-corrected chi connectivity index (χ2v) is 19.4. The number of aromatic hydroxyl groups is 1. The number of hydrogen-bond donors (Lipinski definition) is 2. The first kappa shape index (κ1) is 29.5. The van der Waals surface area contributed by atoms with Crippen molar-refractivity contribution in [3.63, 3.8) is 0 Å². The van der Waals surface area contributed by atoms with Crippen LogP contribution in [-0.4, -0.2) is 40.6 Å². The molecule has 4 aromatic rings. The van der Waals surface area contributed by atoms with Crippen LogP contribution in [0.15, 0.2) is 54.6 Å². The molecule has 1 aromatic heterocycles. The summed E-state index contributed by atoms with van der Waals surface area (Å²) >= 11 is 0. The molecule has 0 fully saturated rings. The standard InChI is InChI=1S/C33H44N4O2Si/c1-22-11-14-24(15-12-22)33(5,6)26-20-25(32(2,3)4)21-29(30(26)38)37-35-27-16-13-23(19-28(27)36-37)31(39)34-17-10-18-40(7,8)9/h11-16,19-21,38H,10,17-18H2,1-9H3,(H,34,39). The lowest BCUT2D eigenvalue weighted by Gasteiger charge is -2.30. The van der Waals surface area contributed by atoms with Crippen molar-refractivity contribution in [3.05, 3.63) is 82.4 Å². The molecule has 0 radical (unpaired) electrons. The van der Waals surface area contributed by atoms with Gasteiger partial charge >= 0.3 is 0 Å². The Labute approximate surface area is 239 Å². The van der Waals surface area contributed by atoms with Crippen molar-refractivity contribution in [2.45, 2.75) is 84.5 Å². The Morgan fingerprint density at radius 2 is 1.55 bits per heavy atom. The summed E-state index contributed by atoms with van der Waals surface area (Å²) in [7, 11) is -1.13. The van der Waals surface area contributed by atoms with Crippen LogP contribution >= 0.6 is 0 Å². The molecule has 0 aliphatic carbocycles. The predicted octanol–water partition coefficient (Wildman–Crippen LogP) is 7.52. The highest BCUT2D eigenvalue weighted by Crippen LogP contribution is 2.42. The molecule has 0 bridgehead atoms. The molecule has 4 rings (SSSR count). The van der Waals surface area contributed by atoms with E-state index >= 15 is 0 Å². The Kier molecular flexibility index (Phi) is 8.01. The summed E-state index contributed by atoms with van der Waals surface area (Å²) in [6.07, 6.45) is 0.991. The summed E-state index contributed by atoms with van der Waals surface area (Å²) in [6.45, 7) is 20.5. The van der Waals surface area contributed by atoms with Crippen LogP contribution in [0.25, 0.3) is 16.7 Å². The van der Waals surface area contributed by atoms with Gasteiger partial charge in [0, 0.05) is 31.2 Å². The topological polar surface area (TPSA) is 80.0 Å². The maximum Gasteiger partial charge on any atom is 0.251 e. The zero-order valence-electron chi connectivity index (χ0n) is 25.5. The van der Waals surface area contributed by atoms with Crippen molar-refractivity contribution in [3.8, 4) is 11.4 Å². The minimum Gasteiger partial charge on any atom is -0.505 e. The van der Waals surface area contributed by atoms with E-state index in [0.717, 1.165) is 23.1 Å². The Hall–Kier alpha value is -3.45. The fourth-order valence-corrected chi connectivity index (χ4v) is 6.13. The van der Waals surface area contributed by atoms with E-state index in [2.05, 4.69) is 96.8 Å². The highest BCUT2D eigenvalue weighted by Gasteiger charge is 2.31. The van der Waals surface area contributed by atoms with E-state index in [0.29, 0.717) is 28.8 Å². The lowest BCUT2D eigenvalue weighted by Crippen LogP contribution is -2.27. The number of carbonyl (C=O) groups is 1. The van der Waals surface area contributed by atoms with Gasteiger partial charge in [-0.05, 0) is 54.2 Å². The highest BCUT2D eigenvalue weighted by molar-refractivity contribution is 6.76. The van der Waals surface area contributed by atoms with E-state index in [1.165, 1.54) is 16.4 Å². The molecule has 6 nitrogen and oxygen atoms in total. The van der Waals surface area contributed by atoms with Gasteiger partial charge in [-0.3, -0.25) is 4.79 Å². The number of carbonyl (C=O) groups excluding carboxylic acids is 1. The minimum atomic E-state index is -1.13. The SMILES string of the molecule is Cc1ccc(C(C)(C)c2cc(C(C)(C)C)cc(-n3nc4ccc(C(=O)NCCC[Si](C)(C)C)cc4n3)c2O)cc1. The molecule has 1 heterocycles. The third-order valence-electron chi connectivity index (χ3n) is 7.65. The molecular weight excluding hydrogens is 512 g/mol. The van der Waals surface area contributed by atoms with Crippen LogP contribution in [0.2, 0.25) is 25.7 Å². The molecule has 0 aliphatic rings. The van der Waals surface area contributed by atoms with E-state index in [4.69, 9.17) is 10.2 Å². The van der Waals surface area contributed by atoms with Gasteiger partial charge in [0.25, 0.3) is 5.91 Å². The van der Waals surface area contributed by atoms with Gasteiger partial charge in [0.05, 0.1) is 0 Å². The van der Waals surface area contributed by atoms with Gasteiger partial charge in [-0.15, -0.1) is 15.0 Å². The summed E-state index contributed by atoms with van der Waals surface area (Å²) in [4.78, 5) is 14.3. The molecule has 0 aliphatic heterocycles. The van der Waals surface area contributed by atoms with E-state index in [1.807, 2.05) is 12.1 Å². The van der Waals surface area contributed by atoms with E-state index in [-0.39, 0.29) is 17.1 Å². The quantitative estimate of drug-likeness (QED) is 0.174. The molecule has 0 atom stereocenters. The number of hydrogen-bond acceptors (Lipinski definition) is 4. The van der Waals surface area contributed by atoms with Gasteiger partial charge in [0.1, 0.15) is 22.5 Å². The number of rotatable bonds is 8. The monoisotopic (exact) mass is 556 g/mol. The number of nitrogens with one attached hydrogen (secondary N) is 1. The maximum absolute atomic E-state index is 12.8. The first-order chi connectivity index (χ1) is 18.6. The molecule has 0 unspecified atom stereocenters. The number of aryl methyl sites for hydroxylation is 1. The van der Waals surface area contributed by atoms with Crippen LogP contribution in [0.3, 0.4) is 0 Å². The number of amides is 1. The zero-order chi connectivity index (χ0) is 29.5. The molecule has 0 saturated carbocycles. The Balaban J connectivity index is 1.72. The van der Waals surface area contributed by atoms with Gasteiger partial charge in [-0.2, -0.15) is 0 Å². The van der Waals surface area contributed by atoms with Crippen LogP contribution in [-0.2, 0) is 10.8 Å². The van der Waals surface area contributed by atoms with Crippen molar-refractivity contribution >= 4 is 25.0 Å². The summed E-state index contributed by atoms with van der Waals surface area (Å²) in [5.41, 5.74) is 5.94. The van der Waals surface area contributed by atoms with Crippen LogP contribution in [0.4, 0.5) is 0 Å². The molecule has 3 aromatic carbocycles. The molecule has 212 valence electrons. The minimum absolute atomic E-state index is 0.105. The molecule has 7 heteroatoms. The predicted molar refractivity (Wildman–Crippen MR) is 168 cm³/mol. The number of fused-ring (bicyclic) bond motifs is 1. The van der Waals surface area contributed by atoms with Crippen LogP contribution in [0.1, 0.15) is 73.7 Å². The third-order valence-corrected chi connectivity index (χ3v) is 9.50. The largest absolute Gasteiger partial charge is 0.505 e. The van der Waals surface area contributed by atoms with Gasteiger partial charge in [0.15, 0.2) is 0 Å². The zero-order valence-corrected chi connectivity index (χ0v) is 26.5. The van der Waals surface area contributed by atoms with E-state index in [9.17, 15) is 9.90 Å². The van der Waals surface area contributed by atoms with Crippen molar-refractivity contribution in [2.75, 3.05) is 6.54 Å².